The predicted octanol–water partition coefficient (Wildman–Crippen LogP) is -0.543. The summed E-state index contributed by atoms with van der Waals surface area (Å²) < 4.78 is 7.04. The Morgan fingerprint density at radius 2 is 2.19 bits per heavy atom. The van der Waals surface area contributed by atoms with Crippen LogP contribution in [0.15, 0.2) is 6.33 Å². The van der Waals surface area contributed by atoms with E-state index in [0.29, 0.717) is 25.3 Å². The van der Waals surface area contributed by atoms with Crippen molar-refractivity contribution in [3.63, 3.8) is 0 Å². The SMILES string of the molecule is CCNC(=O)C1OC(n2cnc3c(N)nc(C#C[C@]4(O)CCC[C@H](C)C4)nc32)C(O)C1O. The maximum Gasteiger partial charge on any atom is 0.252 e. The Labute approximate surface area is 185 Å². The van der Waals surface area contributed by atoms with Gasteiger partial charge in [0.25, 0.3) is 5.91 Å². The van der Waals surface area contributed by atoms with E-state index in [-0.39, 0.29) is 22.8 Å². The first-order valence-corrected chi connectivity index (χ1v) is 10.8. The Kier molecular flexibility index (Phi) is 6.05. The molecule has 0 aromatic carbocycles. The highest BCUT2D eigenvalue weighted by molar-refractivity contribution is 5.83. The van der Waals surface area contributed by atoms with Gasteiger partial charge in [-0.3, -0.25) is 9.36 Å². The second kappa shape index (κ2) is 8.63. The number of ether oxygens (including phenoxy) is 1. The van der Waals surface area contributed by atoms with Crippen LogP contribution in [0.3, 0.4) is 0 Å². The van der Waals surface area contributed by atoms with Crippen LogP contribution in [0.4, 0.5) is 5.82 Å². The van der Waals surface area contributed by atoms with Crippen LogP contribution in [0, 0.1) is 17.8 Å². The van der Waals surface area contributed by atoms with Crippen molar-refractivity contribution in [2.24, 2.45) is 5.92 Å². The summed E-state index contributed by atoms with van der Waals surface area (Å²) >= 11 is 0. The summed E-state index contributed by atoms with van der Waals surface area (Å²) in [7, 11) is 0. The third-order valence-electron chi connectivity index (χ3n) is 5.95. The van der Waals surface area contributed by atoms with E-state index < -0.39 is 36.0 Å². The Morgan fingerprint density at radius 1 is 1.41 bits per heavy atom. The van der Waals surface area contributed by atoms with Gasteiger partial charge in [0, 0.05) is 6.54 Å². The highest BCUT2D eigenvalue weighted by Gasteiger charge is 2.47. The summed E-state index contributed by atoms with van der Waals surface area (Å²) in [5.74, 6) is 5.74. The van der Waals surface area contributed by atoms with Crippen molar-refractivity contribution in [3.8, 4) is 11.8 Å². The number of nitrogen functional groups attached to an aromatic ring is 1. The van der Waals surface area contributed by atoms with Gasteiger partial charge >= 0.3 is 0 Å². The molecule has 6 N–H and O–H groups in total. The van der Waals surface area contributed by atoms with Gasteiger partial charge in [-0.05, 0) is 38.0 Å². The molecule has 1 saturated carbocycles. The van der Waals surface area contributed by atoms with Gasteiger partial charge in [-0.25, -0.2) is 15.0 Å². The van der Waals surface area contributed by atoms with Crippen LogP contribution in [0.5, 0.6) is 0 Å². The number of carbonyl (C=O) groups excluding carboxylic acids is 1. The minimum atomic E-state index is -1.43. The Balaban J connectivity index is 1.66. The quantitative estimate of drug-likeness (QED) is 0.390. The number of rotatable bonds is 3. The van der Waals surface area contributed by atoms with Crippen LogP contribution in [-0.2, 0) is 9.53 Å². The fourth-order valence-electron chi connectivity index (χ4n) is 4.37. The zero-order valence-electron chi connectivity index (χ0n) is 18.0. The first kappa shape index (κ1) is 22.4. The number of hydrogen-bond donors (Lipinski definition) is 5. The van der Waals surface area contributed by atoms with E-state index in [1.165, 1.54) is 10.9 Å². The van der Waals surface area contributed by atoms with E-state index in [9.17, 15) is 20.1 Å². The number of fused-ring (bicyclic) bond motifs is 1. The molecule has 2 aromatic rings. The molecule has 4 rings (SSSR count). The highest BCUT2D eigenvalue weighted by atomic mass is 16.6. The molecule has 2 aromatic heterocycles. The number of nitrogens with one attached hydrogen (secondary N) is 1. The van der Waals surface area contributed by atoms with Crippen molar-refractivity contribution in [3.05, 3.63) is 12.2 Å². The molecule has 0 spiro atoms. The van der Waals surface area contributed by atoms with Gasteiger partial charge in [0.05, 0.1) is 6.33 Å². The van der Waals surface area contributed by atoms with E-state index in [0.717, 1.165) is 12.8 Å². The molecule has 4 unspecified atom stereocenters. The number of aliphatic hydroxyl groups excluding tert-OH is 2. The average Bonchev–Trinajstić information content (AvgIpc) is 3.28. The summed E-state index contributed by atoms with van der Waals surface area (Å²) in [6.07, 6.45) is -0.699. The van der Waals surface area contributed by atoms with Crippen molar-refractivity contribution >= 4 is 22.9 Å². The number of aromatic nitrogens is 4. The van der Waals surface area contributed by atoms with Gasteiger partial charge in [0.1, 0.15) is 23.3 Å². The zero-order chi connectivity index (χ0) is 23.0. The number of imidazole rings is 1. The van der Waals surface area contributed by atoms with Gasteiger partial charge in [-0.1, -0.05) is 19.3 Å². The van der Waals surface area contributed by atoms with E-state index in [1.807, 2.05) is 0 Å². The molecule has 1 saturated heterocycles. The average molecular weight is 444 g/mol. The molecule has 2 aliphatic rings. The third-order valence-corrected chi connectivity index (χ3v) is 5.95. The molecule has 1 aliphatic carbocycles. The van der Waals surface area contributed by atoms with Gasteiger partial charge < -0.3 is 31.1 Å². The molecule has 172 valence electrons. The fourth-order valence-corrected chi connectivity index (χ4v) is 4.37. The van der Waals surface area contributed by atoms with E-state index >= 15 is 0 Å². The van der Waals surface area contributed by atoms with E-state index in [1.54, 1.807) is 6.92 Å². The molecular weight excluding hydrogens is 416 g/mol. The highest BCUT2D eigenvalue weighted by Crippen LogP contribution is 2.33. The van der Waals surface area contributed by atoms with E-state index in [2.05, 4.69) is 39.0 Å². The second-order valence-corrected chi connectivity index (χ2v) is 8.56. The van der Waals surface area contributed by atoms with Gasteiger partial charge in [-0.2, -0.15) is 0 Å². The monoisotopic (exact) mass is 444 g/mol. The number of nitrogens with two attached hydrogens (primary N) is 1. The lowest BCUT2D eigenvalue weighted by molar-refractivity contribution is -0.137. The van der Waals surface area contributed by atoms with Gasteiger partial charge in [0.2, 0.25) is 5.82 Å². The standard InChI is InChI=1S/C21H28N6O5/c1-3-23-19(30)16-14(28)15(29)20(32-16)27-10-24-13-17(22)25-12(26-18(13)27)6-8-21(31)7-4-5-11(2)9-21/h10-11,14-16,20,28-29,31H,3-5,7,9H2,1-2H3,(H,23,30)(H2,22,25,26)/t11-,14?,15?,16?,20?,21+/m0/s1. The molecule has 32 heavy (non-hydrogen) atoms. The normalized spacial score (nSPS) is 32.5. The molecule has 6 atom stereocenters. The van der Waals surface area contributed by atoms with Crippen molar-refractivity contribution < 1.29 is 24.9 Å². The second-order valence-electron chi connectivity index (χ2n) is 8.56. The first-order chi connectivity index (χ1) is 15.2. The van der Waals surface area contributed by atoms with Crippen LogP contribution in [-0.4, -0.2) is 71.2 Å². The fraction of sp³-hybridized carbons (Fsp3) is 0.619. The van der Waals surface area contributed by atoms with Crippen LogP contribution < -0.4 is 11.1 Å². The van der Waals surface area contributed by atoms with Crippen molar-refractivity contribution in [1.82, 2.24) is 24.8 Å². The number of carbonyl (C=O) groups is 1. The van der Waals surface area contributed by atoms with Crippen LogP contribution in [0.2, 0.25) is 0 Å². The first-order valence-electron chi connectivity index (χ1n) is 10.8. The summed E-state index contributed by atoms with van der Waals surface area (Å²) in [6.45, 7) is 4.18. The number of aliphatic hydroxyl groups is 3. The number of anilines is 1. The maximum absolute atomic E-state index is 12.2. The molecule has 1 aliphatic heterocycles. The topological polar surface area (TPSA) is 169 Å². The molecule has 0 radical (unpaired) electrons. The Bertz CT molecular complexity index is 1080. The van der Waals surface area contributed by atoms with Crippen LogP contribution >= 0.6 is 0 Å². The number of likely N-dealkylation sites (N-methyl/N-ethyl adjacent to an activating group) is 1. The number of amides is 1. The molecular formula is C21H28N6O5. The molecule has 0 bridgehead atoms. The molecule has 11 heteroatoms. The minimum Gasteiger partial charge on any atom is -0.387 e. The van der Waals surface area contributed by atoms with Crippen LogP contribution in [0.25, 0.3) is 11.2 Å². The lowest BCUT2D eigenvalue weighted by Gasteiger charge is -2.30. The smallest absolute Gasteiger partial charge is 0.252 e. The Hall–Kier alpha value is -2.78. The lowest BCUT2D eigenvalue weighted by atomic mass is 9.79. The minimum absolute atomic E-state index is 0.0790. The summed E-state index contributed by atoms with van der Waals surface area (Å²) in [6, 6.07) is 0. The molecule has 1 amide bonds. The van der Waals surface area contributed by atoms with Gasteiger partial charge in [0.15, 0.2) is 23.8 Å². The summed E-state index contributed by atoms with van der Waals surface area (Å²) in [4.78, 5) is 24.9. The Morgan fingerprint density at radius 3 is 2.91 bits per heavy atom. The maximum atomic E-state index is 12.2. The zero-order valence-corrected chi connectivity index (χ0v) is 18.0. The number of hydrogen-bond acceptors (Lipinski definition) is 9. The van der Waals surface area contributed by atoms with Crippen molar-refractivity contribution in [2.45, 2.75) is 69.7 Å². The number of nitrogens with zero attached hydrogens (tertiary/aromatic N) is 4. The van der Waals surface area contributed by atoms with Gasteiger partial charge in [-0.15, -0.1) is 0 Å². The summed E-state index contributed by atoms with van der Waals surface area (Å²) in [5, 5.41) is 34.1. The van der Waals surface area contributed by atoms with Crippen LogP contribution in [0.1, 0.15) is 51.6 Å². The largest absolute Gasteiger partial charge is 0.387 e. The third kappa shape index (κ3) is 4.14. The van der Waals surface area contributed by atoms with Crippen molar-refractivity contribution in [2.75, 3.05) is 12.3 Å². The predicted molar refractivity (Wildman–Crippen MR) is 114 cm³/mol. The van der Waals surface area contributed by atoms with E-state index in [4.69, 9.17) is 10.5 Å². The molecule has 11 nitrogen and oxygen atoms in total. The summed E-state index contributed by atoms with van der Waals surface area (Å²) in [5.41, 5.74) is 5.44. The molecule has 2 fully saturated rings. The lowest BCUT2D eigenvalue weighted by Crippen LogP contribution is -2.42. The molecule has 3 heterocycles. The van der Waals surface area contributed by atoms with Crippen molar-refractivity contribution in [1.29, 1.82) is 0 Å².